The van der Waals surface area contributed by atoms with Gasteiger partial charge in [0.2, 0.25) is 0 Å². The Kier molecular flexibility index (Phi) is 6.28. The Morgan fingerprint density at radius 2 is 0.883 bits per heavy atom. The van der Waals surface area contributed by atoms with Gasteiger partial charge in [0.05, 0.1) is 33.1 Å². The number of para-hydroxylation sites is 5. The van der Waals surface area contributed by atoms with Gasteiger partial charge in [-0.1, -0.05) is 127 Å². The molecule has 0 unspecified atom stereocenters. The van der Waals surface area contributed by atoms with E-state index in [1.165, 1.54) is 58.3 Å². The Labute approximate surface area is 345 Å². The van der Waals surface area contributed by atoms with Crippen molar-refractivity contribution in [1.29, 1.82) is 0 Å². The number of nitrogens with zero attached hydrogens (tertiary/aromatic N) is 3. The van der Waals surface area contributed by atoms with E-state index in [0.717, 1.165) is 66.0 Å². The summed E-state index contributed by atoms with van der Waals surface area (Å²) in [6.45, 7) is 0. The van der Waals surface area contributed by atoms with Gasteiger partial charge >= 0.3 is 0 Å². The number of hydrogen-bond donors (Lipinski definition) is 0. The molecule has 0 radical (unpaired) electrons. The van der Waals surface area contributed by atoms with Gasteiger partial charge in [-0.05, 0) is 71.6 Å². The lowest BCUT2D eigenvalue weighted by molar-refractivity contribution is 1.15. The first-order valence-corrected chi connectivity index (χ1v) is 21.2. The van der Waals surface area contributed by atoms with Crippen molar-refractivity contribution in [3.63, 3.8) is 0 Å². The van der Waals surface area contributed by atoms with E-state index in [-0.39, 0.29) is 5.56 Å². The fourth-order valence-electron chi connectivity index (χ4n) is 10.5. The molecule has 5 aromatic heterocycles. The largest absolute Gasteiger partial charge is 0.307 e. The van der Waals surface area contributed by atoms with Crippen LogP contribution in [-0.4, -0.2) is 13.5 Å². The highest BCUT2D eigenvalue weighted by atomic mass is 32.1. The van der Waals surface area contributed by atoms with Crippen LogP contribution in [0.25, 0.3) is 124 Å². The lowest BCUT2D eigenvalue weighted by Crippen LogP contribution is -2.12. The van der Waals surface area contributed by atoms with Gasteiger partial charge in [-0.25, -0.2) is 0 Å². The summed E-state index contributed by atoms with van der Waals surface area (Å²) in [6, 6.07) is 67.7. The minimum absolute atomic E-state index is 0.0188. The number of aromatic nitrogens is 3. The monoisotopic (exact) mass is 781 g/mol. The number of pyridine rings is 1. The van der Waals surface area contributed by atoms with E-state index >= 15 is 0 Å². The topological polar surface area (TPSA) is 31.3 Å². The molecule has 0 bridgehead atoms. The molecule has 60 heavy (non-hydrogen) atoms. The molecule has 0 aliphatic carbocycles. The summed E-state index contributed by atoms with van der Waals surface area (Å²) in [6.07, 6.45) is 0. The van der Waals surface area contributed by atoms with Crippen molar-refractivity contribution in [2.24, 2.45) is 0 Å². The van der Waals surface area contributed by atoms with Crippen LogP contribution in [0.1, 0.15) is 0 Å². The molecule has 0 aliphatic heterocycles. The van der Waals surface area contributed by atoms with E-state index in [4.69, 9.17) is 0 Å². The summed E-state index contributed by atoms with van der Waals surface area (Å²) in [5, 5.41) is 12.3. The minimum atomic E-state index is 0.0188. The van der Waals surface area contributed by atoms with Crippen molar-refractivity contribution < 1.29 is 0 Å². The van der Waals surface area contributed by atoms with Gasteiger partial charge in [0.1, 0.15) is 0 Å². The number of rotatable bonds is 3. The van der Waals surface area contributed by atoms with E-state index in [1.54, 1.807) is 0 Å². The number of benzene rings is 9. The standard InChI is InChI=1S/C55H31N3OS/c59-55-43-26-25-32(29-45(43)40-20-12-19-39-35-15-6-10-23-49(35)58(55)51(39)40)44-30-34(31-46-38-18-7-11-24-50(38)60-54(44)46)57-48-22-9-5-17-37(48)42-28-27-41-36-16-4-8-21-47(36)56(52(41)53(42)57)33-13-2-1-3-14-33/h1-31H. The van der Waals surface area contributed by atoms with Crippen molar-refractivity contribution in [2.75, 3.05) is 0 Å². The highest BCUT2D eigenvalue weighted by Crippen LogP contribution is 2.46. The summed E-state index contributed by atoms with van der Waals surface area (Å²) in [4.78, 5) is 14.5. The molecule has 0 N–H and O–H groups in total. The molecule has 0 atom stereocenters. The fourth-order valence-corrected chi connectivity index (χ4v) is 11.7. The summed E-state index contributed by atoms with van der Waals surface area (Å²) in [5.41, 5.74) is 11.1. The summed E-state index contributed by atoms with van der Waals surface area (Å²) >= 11 is 1.84. The van der Waals surface area contributed by atoms with Gasteiger partial charge in [0.15, 0.2) is 0 Å². The van der Waals surface area contributed by atoms with Crippen LogP contribution >= 0.6 is 11.3 Å². The average Bonchev–Trinajstić information content (AvgIpc) is 4.05. The lowest BCUT2D eigenvalue weighted by Gasteiger charge is -2.15. The van der Waals surface area contributed by atoms with Crippen LogP contribution in [0, 0.1) is 0 Å². The molecule has 14 aromatic rings. The Hall–Kier alpha value is -7.73. The molecule has 14 rings (SSSR count). The van der Waals surface area contributed by atoms with Crippen molar-refractivity contribution in [3.05, 3.63) is 198 Å². The Bertz CT molecular complexity index is 4200. The quantitative estimate of drug-likeness (QED) is 0.164. The van der Waals surface area contributed by atoms with E-state index in [9.17, 15) is 4.79 Å². The van der Waals surface area contributed by atoms with Crippen molar-refractivity contribution in [2.45, 2.75) is 0 Å². The van der Waals surface area contributed by atoms with Crippen LogP contribution < -0.4 is 5.56 Å². The maximum Gasteiger partial charge on any atom is 0.263 e. The predicted molar refractivity (Wildman–Crippen MR) is 254 cm³/mol. The molecule has 5 heteroatoms. The first-order valence-electron chi connectivity index (χ1n) is 20.4. The second kappa shape index (κ2) is 11.7. The van der Waals surface area contributed by atoms with Crippen LogP contribution in [0.15, 0.2) is 193 Å². The maximum absolute atomic E-state index is 14.5. The third-order valence-electron chi connectivity index (χ3n) is 13.0. The summed E-state index contributed by atoms with van der Waals surface area (Å²) < 4.78 is 9.36. The number of thiophene rings is 1. The highest BCUT2D eigenvalue weighted by molar-refractivity contribution is 7.26. The first kappa shape index (κ1) is 32.3. The molecule has 0 saturated carbocycles. The van der Waals surface area contributed by atoms with Gasteiger partial charge in [-0.2, -0.15) is 0 Å². The third-order valence-corrected chi connectivity index (χ3v) is 14.2. The second-order valence-corrected chi connectivity index (χ2v) is 17.0. The van der Waals surface area contributed by atoms with Crippen LogP contribution in [0.5, 0.6) is 0 Å². The van der Waals surface area contributed by atoms with E-state index in [2.05, 4.69) is 191 Å². The van der Waals surface area contributed by atoms with Gasteiger partial charge in [-0.15, -0.1) is 11.3 Å². The van der Waals surface area contributed by atoms with Crippen molar-refractivity contribution in [3.8, 4) is 22.5 Å². The van der Waals surface area contributed by atoms with Gasteiger partial charge in [0, 0.05) is 80.2 Å². The summed E-state index contributed by atoms with van der Waals surface area (Å²) in [5.74, 6) is 0. The molecule has 5 heterocycles. The third kappa shape index (κ3) is 4.11. The zero-order valence-corrected chi connectivity index (χ0v) is 32.9. The molecule has 0 saturated heterocycles. The van der Waals surface area contributed by atoms with Gasteiger partial charge in [0.25, 0.3) is 5.56 Å². The van der Waals surface area contributed by atoms with Crippen LogP contribution in [0.3, 0.4) is 0 Å². The molecule has 278 valence electrons. The van der Waals surface area contributed by atoms with Crippen LogP contribution in [0.4, 0.5) is 0 Å². The van der Waals surface area contributed by atoms with Crippen molar-refractivity contribution >= 4 is 113 Å². The molecule has 9 aromatic carbocycles. The molecule has 4 nitrogen and oxygen atoms in total. The Balaban J connectivity index is 1.13. The fraction of sp³-hybridized carbons (Fsp3) is 0. The normalized spacial score (nSPS) is 12.4. The zero-order valence-electron chi connectivity index (χ0n) is 32.1. The van der Waals surface area contributed by atoms with Gasteiger partial charge < -0.3 is 9.13 Å². The number of hydrogen-bond acceptors (Lipinski definition) is 2. The van der Waals surface area contributed by atoms with E-state index < -0.39 is 0 Å². The Morgan fingerprint density at radius 3 is 1.60 bits per heavy atom. The SMILES string of the molecule is O=c1c2ccc(-c3cc(-n4c5ccccc5c5ccc6c7ccccc7n(-c7ccccc7)c6c54)cc4c3sc3ccccc34)cc2c2cccc3c4ccccc4n1c23. The minimum Gasteiger partial charge on any atom is -0.307 e. The molecular formula is C55H31N3OS. The molecule has 0 fully saturated rings. The summed E-state index contributed by atoms with van der Waals surface area (Å²) in [7, 11) is 0. The number of fused-ring (bicyclic) bond motifs is 15. The molecule has 0 spiro atoms. The van der Waals surface area contributed by atoms with Crippen molar-refractivity contribution in [1.82, 2.24) is 13.5 Å². The smallest absolute Gasteiger partial charge is 0.263 e. The lowest BCUT2D eigenvalue weighted by atomic mass is 9.97. The predicted octanol–water partition coefficient (Wildman–Crippen LogP) is 14.4. The second-order valence-electron chi connectivity index (χ2n) is 16.0. The highest BCUT2D eigenvalue weighted by Gasteiger charge is 2.24. The van der Waals surface area contributed by atoms with E-state index in [1.807, 2.05) is 21.8 Å². The first-order chi connectivity index (χ1) is 29.7. The zero-order chi connectivity index (χ0) is 39.2. The molecule has 0 aliphatic rings. The van der Waals surface area contributed by atoms with Crippen LogP contribution in [-0.2, 0) is 0 Å². The Morgan fingerprint density at radius 1 is 0.350 bits per heavy atom. The molecular weight excluding hydrogens is 751 g/mol. The van der Waals surface area contributed by atoms with E-state index in [0.29, 0.717) is 0 Å². The molecule has 0 amide bonds. The maximum atomic E-state index is 14.5. The average molecular weight is 782 g/mol. The van der Waals surface area contributed by atoms with Crippen LogP contribution in [0.2, 0.25) is 0 Å². The van der Waals surface area contributed by atoms with Gasteiger partial charge in [-0.3, -0.25) is 9.20 Å².